The third kappa shape index (κ3) is 4.83. The minimum Gasteiger partial charge on any atom is -0.495 e. The number of rotatable bonds is 8. The average molecular weight is 441 g/mol. The number of H-pyrrole nitrogens is 1. The van der Waals surface area contributed by atoms with Gasteiger partial charge in [-0.2, -0.15) is 0 Å². The van der Waals surface area contributed by atoms with Crippen LogP contribution in [-0.2, 0) is 6.54 Å². The first kappa shape index (κ1) is 22.2. The summed E-state index contributed by atoms with van der Waals surface area (Å²) in [5, 5.41) is 3.17. The Balaban J connectivity index is 1.93. The van der Waals surface area contributed by atoms with E-state index >= 15 is 0 Å². The molecule has 8 nitrogen and oxygen atoms in total. The molecule has 0 aliphatic rings. The third-order valence-corrected chi connectivity index (χ3v) is 5.28. The second kappa shape index (κ2) is 9.57. The molecule has 0 aliphatic heterocycles. The molecule has 0 spiro atoms. The number of carbonyl (C=O) groups is 2. The van der Waals surface area contributed by atoms with Crippen molar-refractivity contribution in [1.29, 1.82) is 0 Å². The topological polar surface area (TPSA) is 119 Å². The predicted molar refractivity (Wildman–Crippen MR) is 122 cm³/mol. The van der Waals surface area contributed by atoms with Crippen molar-refractivity contribution >= 4 is 40.6 Å². The maximum absolute atomic E-state index is 12.8. The van der Waals surface area contributed by atoms with E-state index in [4.69, 9.17) is 22.7 Å². The van der Waals surface area contributed by atoms with Gasteiger partial charge < -0.3 is 20.8 Å². The Hall–Kier alpha value is -3.46. The van der Waals surface area contributed by atoms with Crippen molar-refractivity contribution in [2.75, 3.05) is 12.4 Å². The van der Waals surface area contributed by atoms with Gasteiger partial charge in [0.05, 0.1) is 23.7 Å². The van der Waals surface area contributed by atoms with E-state index in [9.17, 15) is 14.4 Å². The molecule has 3 rings (SSSR count). The van der Waals surface area contributed by atoms with Crippen molar-refractivity contribution in [2.24, 2.45) is 5.73 Å². The number of hydrogen-bond donors (Lipinski definition) is 3. The standard InChI is InChI=1S/C22H24N4O4S/c1-3-4-5-10-26-21(29)15-8-6-14(12-16(15)25-22(26)31)20(28)24-17-11-13(19(23)27)7-9-18(17)30-2/h6-9,11-12H,3-5,10H2,1-2H3,(H2,23,27)(H,24,28)(H,25,31). The first-order chi connectivity index (χ1) is 14.8. The Labute approximate surface area is 184 Å². The molecule has 0 saturated carbocycles. The number of amides is 2. The molecule has 0 aliphatic carbocycles. The van der Waals surface area contributed by atoms with Gasteiger partial charge in [0.25, 0.3) is 11.5 Å². The number of hydrogen-bond acceptors (Lipinski definition) is 5. The number of nitrogens with one attached hydrogen (secondary N) is 2. The molecule has 2 amide bonds. The fourth-order valence-corrected chi connectivity index (χ4v) is 3.56. The lowest BCUT2D eigenvalue weighted by Gasteiger charge is -2.12. The summed E-state index contributed by atoms with van der Waals surface area (Å²) in [7, 11) is 1.45. The molecule has 0 fully saturated rings. The summed E-state index contributed by atoms with van der Waals surface area (Å²) >= 11 is 5.35. The Morgan fingerprint density at radius 2 is 1.90 bits per heavy atom. The maximum atomic E-state index is 12.8. The number of unbranched alkanes of at least 4 members (excludes halogenated alkanes) is 2. The van der Waals surface area contributed by atoms with Gasteiger partial charge in [-0.25, -0.2) is 0 Å². The van der Waals surface area contributed by atoms with Gasteiger partial charge in [-0.05, 0) is 55.0 Å². The summed E-state index contributed by atoms with van der Waals surface area (Å²) in [5.74, 6) is -0.673. The van der Waals surface area contributed by atoms with E-state index in [1.165, 1.54) is 19.2 Å². The number of aromatic amines is 1. The third-order valence-electron chi connectivity index (χ3n) is 4.96. The van der Waals surface area contributed by atoms with E-state index in [0.29, 0.717) is 39.2 Å². The van der Waals surface area contributed by atoms with Crippen molar-refractivity contribution < 1.29 is 14.3 Å². The monoisotopic (exact) mass is 440 g/mol. The first-order valence-electron chi connectivity index (χ1n) is 9.91. The number of benzene rings is 2. The minimum absolute atomic E-state index is 0.183. The highest BCUT2D eigenvalue weighted by Gasteiger charge is 2.14. The summed E-state index contributed by atoms with van der Waals surface area (Å²) in [6.07, 6.45) is 2.93. The van der Waals surface area contributed by atoms with E-state index in [1.54, 1.807) is 28.8 Å². The SMILES string of the molecule is CCCCCn1c(=S)[nH]c2cc(C(=O)Nc3cc(C(N)=O)ccc3OC)ccc2c1=O. The Kier molecular flexibility index (Phi) is 6.86. The number of aromatic nitrogens is 2. The van der Waals surface area contributed by atoms with E-state index < -0.39 is 11.8 Å². The van der Waals surface area contributed by atoms with Gasteiger partial charge in [-0.3, -0.25) is 19.0 Å². The van der Waals surface area contributed by atoms with Gasteiger partial charge in [-0.1, -0.05) is 19.8 Å². The van der Waals surface area contributed by atoms with Crippen molar-refractivity contribution in [3.63, 3.8) is 0 Å². The van der Waals surface area contributed by atoms with Crippen LogP contribution in [0, 0.1) is 4.77 Å². The second-order valence-corrected chi connectivity index (χ2v) is 7.47. The lowest BCUT2D eigenvalue weighted by atomic mass is 10.1. The second-order valence-electron chi connectivity index (χ2n) is 7.09. The Bertz CT molecular complexity index is 1260. The molecule has 1 heterocycles. The zero-order valence-corrected chi connectivity index (χ0v) is 18.2. The number of anilines is 1. The summed E-state index contributed by atoms with van der Waals surface area (Å²) in [6.45, 7) is 2.65. The highest BCUT2D eigenvalue weighted by atomic mass is 32.1. The van der Waals surface area contributed by atoms with Crippen LogP contribution in [0.1, 0.15) is 46.9 Å². The molecule has 3 aromatic rings. The van der Waals surface area contributed by atoms with E-state index in [0.717, 1.165) is 19.3 Å². The zero-order valence-electron chi connectivity index (χ0n) is 17.4. The number of fused-ring (bicyclic) bond motifs is 1. The molecule has 4 N–H and O–H groups in total. The van der Waals surface area contributed by atoms with Gasteiger partial charge in [-0.15, -0.1) is 0 Å². The van der Waals surface area contributed by atoms with Crippen molar-refractivity contribution in [3.8, 4) is 5.75 Å². The van der Waals surface area contributed by atoms with Gasteiger partial charge in [0.2, 0.25) is 5.91 Å². The van der Waals surface area contributed by atoms with Crippen LogP contribution >= 0.6 is 12.2 Å². The minimum atomic E-state index is -0.619. The summed E-state index contributed by atoms with van der Waals surface area (Å²) in [6, 6.07) is 9.25. The van der Waals surface area contributed by atoms with E-state index in [-0.39, 0.29) is 11.1 Å². The van der Waals surface area contributed by atoms with Crippen LogP contribution in [0.2, 0.25) is 0 Å². The Morgan fingerprint density at radius 1 is 1.16 bits per heavy atom. The van der Waals surface area contributed by atoms with Gasteiger partial charge in [0.15, 0.2) is 4.77 Å². The van der Waals surface area contributed by atoms with Crippen molar-refractivity contribution in [3.05, 3.63) is 62.6 Å². The van der Waals surface area contributed by atoms with Gasteiger partial charge in [0.1, 0.15) is 5.75 Å². The molecule has 0 saturated heterocycles. The zero-order chi connectivity index (χ0) is 22.5. The highest BCUT2D eigenvalue weighted by Crippen LogP contribution is 2.26. The lowest BCUT2D eigenvalue weighted by molar-refractivity contribution is 0.0996. The van der Waals surface area contributed by atoms with Crippen LogP contribution < -0.4 is 21.3 Å². The molecule has 162 valence electrons. The van der Waals surface area contributed by atoms with Crippen LogP contribution in [0.15, 0.2) is 41.2 Å². The van der Waals surface area contributed by atoms with Crippen LogP contribution in [0.4, 0.5) is 5.69 Å². The molecular formula is C22H24N4O4S. The van der Waals surface area contributed by atoms with Crippen LogP contribution in [0.25, 0.3) is 10.9 Å². The average Bonchev–Trinajstić information content (AvgIpc) is 2.75. The number of primary amides is 1. The van der Waals surface area contributed by atoms with Crippen molar-refractivity contribution in [2.45, 2.75) is 32.7 Å². The van der Waals surface area contributed by atoms with Gasteiger partial charge in [0, 0.05) is 17.7 Å². The summed E-state index contributed by atoms with van der Waals surface area (Å²) in [4.78, 5) is 40.1. The first-order valence-corrected chi connectivity index (χ1v) is 10.3. The molecule has 0 atom stereocenters. The highest BCUT2D eigenvalue weighted by molar-refractivity contribution is 7.71. The molecule has 2 aromatic carbocycles. The smallest absolute Gasteiger partial charge is 0.262 e. The quantitative estimate of drug-likeness (QED) is 0.365. The molecule has 0 radical (unpaired) electrons. The molecular weight excluding hydrogens is 416 g/mol. The van der Waals surface area contributed by atoms with E-state index in [1.807, 2.05) is 0 Å². The molecule has 1 aromatic heterocycles. The maximum Gasteiger partial charge on any atom is 0.262 e. The largest absolute Gasteiger partial charge is 0.495 e. The normalized spacial score (nSPS) is 10.8. The molecule has 0 unspecified atom stereocenters. The number of carbonyl (C=O) groups excluding carboxylic acids is 2. The molecule has 0 bridgehead atoms. The fraction of sp³-hybridized carbons (Fsp3) is 0.273. The molecule has 9 heteroatoms. The number of nitrogens with two attached hydrogens (primary N) is 1. The number of ether oxygens (including phenoxy) is 1. The lowest BCUT2D eigenvalue weighted by Crippen LogP contribution is -2.22. The van der Waals surface area contributed by atoms with Crippen molar-refractivity contribution in [1.82, 2.24) is 9.55 Å². The van der Waals surface area contributed by atoms with Gasteiger partial charge >= 0.3 is 0 Å². The van der Waals surface area contributed by atoms with E-state index in [2.05, 4.69) is 17.2 Å². The number of nitrogens with zero attached hydrogens (tertiary/aromatic N) is 1. The predicted octanol–water partition coefficient (Wildman–Crippen LogP) is 3.61. The Morgan fingerprint density at radius 3 is 2.58 bits per heavy atom. The summed E-state index contributed by atoms with van der Waals surface area (Å²) in [5.41, 5.74) is 6.47. The van der Waals surface area contributed by atoms with Crippen LogP contribution in [0.5, 0.6) is 5.75 Å². The summed E-state index contributed by atoms with van der Waals surface area (Å²) < 4.78 is 7.11. The molecule has 31 heavy (non-hydrogen) atoms. The number of methoxy groups -OCH3 is 1. The fourth-order valence-electron chi connectivity index (χ4n) is 3.27. The van der Waals surface area contributed by atoms with Crippen LogP contribution in [0.3, 0.4) is 0 Å². The van der Waals surface area contributed by atoms with Crippen LogP contribution in [-0.4, -0.2) is 28.5 Å².